The Balaban J connectivity index is 2.82. The van der Waals surface area contributed by atoms with Crippen molar-refractivity contribution in [2.75, 3.05) is 6.61 Å². The lowest BCUT2D eigenvalue weighted by Crippen LogP contribution is -2.21. The van der Waals surface area contributed by atoms with E-state index >= 15 is 0 Å². The van der Waals surface area contributed by atoms with E-state index in [9.17, 15) is 4.39 Å². The van der Waals surface area contributed by atoms with Crippen molar-refractivity contribution < 1.29 is 9.13 Å². The van der Waals surface area contributed by atoms with Crippen LogP contribution in [0.15, 0.2) is 28.4 Å². The maximum absolute atomic E-state index is 13.1. The van der Waals surface area contributed by atoms with Gasteiger partial charge in [-0.3, -0.25) is 0 Å². The van der Waals surface area contributed by atoms with Crippen molar-refractivity contribution in [3.05, 3.63) is 29.6 Å². The minimum absolute atomic E-state index is 0.137. The largest absolute Gasteiger partial charge is 0.493 e. The number of ether oxygens (including phenoxy) is 1. The molecule has 0 amide bonds. The molecule has 4 N–H and O–H groups in total. The molecule has 0 unspecified atom stereocenters. The molecule has 1 aromatic rings. The van der Waals surface area contributed by atoms with Crippen LogP contribution in [0.25, 0.3) is 0 Å². The van der Waals surface area contributed by atoms with Gasteiger partial charge in [0.2, 0.25) is 5.96 Å². The van der Waals surface area contributed by atoms with Gasteiger partial charge in [-0.05, 0) is 18.6 Å². The molecule has 0 fully saturated rings. The number of hydrogen-bond acceptors (Lipinski definition) is 3. The van der Waals surface area contributed by atoms with E-state index in [1.54, 1.807) is 6.07 Å². The summed E-state index contributed by atoms with van der Waals surface area (Å²) in [6.45, 7) is 2.58. The van der Waals surface area contributed by atoms with Gasteiger partial charge in [0, 0.05) is 11.6 Å². The highest BCUT2D eigenvalue weighted by Crippen LogP contribution is 2.18. The smallest absolute Gasteiger partial charge is 0.211 e. The van der Waals surface area contributed by atoms with E-state index in [0.29, 0.717) is 17.9 Å². The number of hydrogen-bond donors (Lipinski definition) is 2. The molecule has 0 heterocycles. The van der Waals surface area contributed by atoms with Crippen LogP contribution < -0.4 is 16.2 Å². The van der Waals surface area contributed by atoms with Gasteiger partial charge in [-0.1, -0.05) is 13.3 Å². The summed E-state index contributed by atoms with van der Waals surface area (Å²) in [5, 5.41) is 7.14. The van der Waals surface area contributed by atoms with E-state index in [-0.39, 0.29) is 11.8 Å². The zero-order chi connectivity index (χ0) is 13.4. The number of nitrogens with two attached hydrogens (primary N) is 2. The first-order chi connectivity index (χ1) is 8.63. The topological polar surface area (TPSA) is 86.0 Å². The number of rotatable bonds is 6. The third kappa shape index (κ3) is 4.82. The van der Waals surface area contributed by atoms with Gasteiger partial charge in [0.05, 0.1) is 12.8 Å². The number of guanidine groups is 1. The minimum atomic E-state index is -0.361. The predicted octanol–water partition coefficient (Wildman–Crippen LogP) is 1.61. The summed E-state index contributed by atoms with van der Waals surface area (Å²) in [6.07, 6.45) is 3.33. The van der Waals surface area contributed by atoms with Crippen LogP contribution in [0.3, 0.4) is 0 Å². The van der Waals surface area contributed by atoms with Crippen molar-refractivity contribution in [2.45, 2.75) is 19.8 Å². The molecule has 0 atom stereocenters. The van der Waals surface area contributed by atoms with Crippen molar-refractivity contribution >= 4 is 12.2 Å². The quantitative estimate of drug-likeness (QED) is 0.349. The molecule has 1 rings (SSSR count). The summed E-state index contributed by atoms with van der Waals surface area (Å²) in [4.78, 5) is 0. The molecule has 0 saturated heterocycles. The molecule has 0 aliphatic rings. The first kappa shape index (κ1) is 14.0. The molecule has 0 saturated carbocycles. The Morgan fingerprint density at radius 3 is 2.89 bits per heavy atom. The van der Waals surface area contributed by atoms with Crippen LogP contribution in [0.5, 0.6) is 5.75 Å². The Morgan fingerprint density at radius 2 is 2.22 bits per heavy atom. The third-order valence-electron chi connectivity index (χ3n) is 2.10. The zero-order valence-electron chi connectivity index (χ0n) is 10.3. The molecule has 18 heavy (non-hydrogen) atoms. The fourth-order valence-corrected chi connectivity index (χ4v) is 1.22. The highest BCUT2D eigenvalue weighted by molar-refractivity contribution is 5.84. The fourth-order valence-electron chi connectivity index (χ4n) is 1.22. The summed E-state index contributed by atoms with van der Waals surface area (Å²) < 4.78 is 18.6. The Labute approximate surface area is 105 Å². The summed E-state index contributed by atoms with van der Waals surface area (Å²) >= 11 is 0. The summed E-state index contributed by atoms with van der Waals surface area (Å²) in [5.41, 5.74) is 10.9. The van der Waals surface area contributed by atoms with Crippen LogP contribution in [-0.2, 0) is 0 Å². The van der Waals surface area contributed by atoms with Crippen LogP contribution in [0.1, 0.15) is 25.3 Å². The molecule has 5 nitrogen and oxygen atoms in total. The third-order valence-corrected chi connectivity index (χ3v) is 2.10. The predicted molar refractivity (Wildman–Crippen MR) is 70.2 cm³/mol. The molecule has 6 heteroatoms. The SMILES string of the molecule is CCCCOc1cc(F)ccc1C=NN=C(N)N. The van der Waals surface area contributed by atoms with Crippen molar-refractivity contribution in [3.63, 3.8) is 0 Å². The first-order valence-electron chi connectivity index (χ1n) is 5.67. The molecule has 0 spiro atoms. The molecule has 0 aromatic heterocycles. The molecule has 0 radical (unpaired) electrons. The van der Waals surface area contributed by atoms with E-state index in [4.69, 9.17) is 16.2 Å². The summed E-state index contributed by atoms with van der Waals surface area (Å²) in [5.74, 6) is -0.0692. The standard InChI is InChI=1S/C12H17FN4O/c1-2-3-6-18-11-7-10(13)5-4-9(11)8-16-17-12(14)15/h4-5,7-8H,2-3,6H2,1H3,(H4,14,15,17). The van der Waals surface area contributed by atoms with Gasteiger partial charge in [-0.15, -0.1) is 5.10 Å². The lowest BCUT2D eigenvalue weighted by atomic mass is 10.2. The number of benzene rings is 1. The van der Waals surface area contributed by atoms with Crippen LogP contribution >= 0.6 is 0 Å². The highest BCUT2D eigenvalue weighted by Gasteiger charge is 2.03. The van der Waals surface area contributed by atoms with E-state index in [1.165, 1.54) is 18.3 Å². The average molecular weight is 252 g/mol. The normalized spacial score (nSPS) is 10.6. The molecule has 98 valence electrons. The highest BCUT2D eigenvalue weighted by atomic mass is 19.1. The molecular weight excluding hydrogens is 235 g/mol. The van der Waals surface area contributed by atoms with E-state index in [0.717, 1.165) is 12.8 Å². The van der Waals surface area contributed by atoms with Gasteiger partial charge in [0.15, 0.2) is 0 Å². The van der Waals surface area contributed by atoms with Crippen LogP contribution in [0.2, 0.25) is 0 Å². The van der Waals surface area contributed by atoms with Gasteiger partial charge in [-0.2, -0.15) is 5.10 Å². The zero-order valence-corrected chi connectivity index (χ0v) is 10.3. The number of halogens is 1. The monoisotopic (exact) mass is 252 g/mol. The average Bonchev–Trinajstić information content (AvgIpc) is 2.32. The molecule has 0 aliphatic heterocycles. The molecule has 1 aromatic carbocycles. The van der Waals surface area contributed by atoms with Crippen LogP contribution in [0.4, 0.5) is 4.39 Å². The van der Waals surface area contributed by atoms with Crippen molar-refractivity contribution in [1.82, 2.24) is 0 Å². The maximum Gasteiger partial charge on any atom is 0.211 e. The number of unbranched alkanes of at least 4 members (excludes halogenated alkanes) is 1. The lowest BCUT2D eigenvalue weighted by molar-refractivity contribution is 0.307. The molecule has 0 aliphatic carbocycles. The second-order valence-electron chi connectivity index (χ2n) is 3.65. The van der Waals surface area contributed by atoms with Crippen molar-refractivity contribution in [2.24, 2.45) is 21.7 Å². The second-order valence-corrected chi connectivity index (χ2v) is 3.65. The Bertz CT molecular complexity index is 442. The van der Waals surface area contributed by atoms with E-state index in [2.05, 4.69) is 17.1 Å². The number of nitrogens with zero attached hydrogens (tertiary/aromatic N) is 2. The Kier molecular flexibility index (Phi) is 5.63. The molecule has 0 bridgehead atoms. The first-order valence-corrected chi connectivity index (χ1v) is 5.67. The van der Waals surface area contributed by atoms with E-state index in [1.807, 2.05) is 0 Å². The maximum atomic E-state index is 13.1. The van der Waals surface area contributed by atoms with Gasteiger partial charge in [-0.25, -0.2) is 4.39 Å². The van der Waals surface area contributed by atoms with Crippen molar-refractivity contribution in [3.8, 4) is 5.75 Å². The summed E-state index contributed by atoms with van der Waals surface area (Å²) in [6, 6.07) is 4.19. The Morgan fingerprint density at radius 1 is 1.44 bits per heavy atom. The van der Waals surface area contributed by atoms with Crippen LogP contribution in [0, 0.1) is 5.82 Å². The fraction of sp³-hybridized carbons (Fsp3) is 0.333. The lowest BCUT2D eigenvalue weighted by Gasteiger charge is -2.08. The van der Waals surface area contributed by atoms with Gasteiger partial charge < -0.3 is 16.2 Å². The Hall–Kier alpha value is -2.11. The molecular formula is C12H17FN4O. The minimum Gasteiger partial charge on any atom is -0.493 e. The second kappa shape index (κ2) is 7.26. The van der Waals surface area contributed by atoms with Crippen LogP contribution in [-0.4, -0.2) is 18.8 Å². The summed E-state index contributed by atoms with van der Waals surface area (Å²) in [7, 11) is 0. The van der Waals surface area contributed by atoms with Gasteiger partial charge in [0.25, 0.3) is 0 Å². The van der Waals surface area contributed by atoms with Gasteiger partial charge in [0.1, 0.15) is 11.6 Å². The van der Waals surface area contributed by atoms with E-state index < -0.39 is 0 Å². The van der Waals surface area contributed by atoms with Crippen molar-refractivity contribution in [1.29, 1.82) is 0 Å². The van der Waals surface area contributed by atoms with Gasteiger partial charge >= 0.3 is 0 Å².